The summed E-state index contributed by atoms with van der Waals surface area (Å²) < 4.78 is 0. The standard InChI is InChI=1S/C16H26ClN/c1-6-18-15(9-10-16(3,4)5)13-8-7-12(2)14(17)11-13/h7-8,11,15,18H,6,9-10H2,1-5H3. The lowest BCUT2D eigenvalue weighted by Crippen LogP contribution is -2.22. The number of hydrogen-bond donors (Lipinski definition) is 1. The molecule has 0 fully saturated rings. The minimum Gasteiger partial charge on any atom is -0.310 e. The van der Waals surface area contributed by atoms with Crippen molar-refractivity contribution in [2.75, 3.05) is 6.54 Å². The van der Waals surface area contributed by atoms with E-state index in [0.29, 0.717) is 11.5 Å². The lowest BCUT2D eigenvalue weighted by atomic mass is 9.87. The van der Waals surface area contributed by atoms with Crippen LogP contribution in [-0.4, -0.2) is 6.54 Å². The molecule has 1 unspecified atom stereocenters. The zero-order valence-corrected chi connectivity index (χ0v) is 13.1. The quantitative estimate of drug-likeness (QED) is 0.780. The highest BCUT2D eigenvalue weighted by Gasteiger charge is 2.16. The molecule has 0 radical (unpaired) electrons. The molecule has 0 heterocycles. The zero-order chi connectivity index (χ0) is 13.8. The van der Waals surface area contributed by atoms with E-state index in [9.17, 15) is 0 Å². The molecule has 0 aliphatic heterocycles. The second-order valence-electron chi connectivity index (χ2n) is 6.22. The lowest BCUT2D eigenvalue weighted by molar-refractivity contribution is 0.334. The second-order valence-corrected chi connectivity index (χ2v) is 6.63. The van der Waals surface area contributed by atoms with Crippen LogP contribution in [0, 0.1) is 12.3 Å². The Morgan fingerprint density at radius 2 is 1.94 bits per heavy atom. The van der Waals surface area contributed by atoms with Gasteiger partial charge < -0.3 is 5.32 Å². The van der Waals surface area contributed by atoms with Gasteiger partial charge in [0.1, 0.15) is 0 Å². The van der Waals surface area contributed by atoms with Crippen LogP contribution in [0.15, 0.2) is 18.2 Å². The van der Waals surface area contributed by atoms with Gasteiger partial charge >= 0.3 is 0 Å². The number of benzene rings is 1. The molecular weight excluding hydrogens is 242 g/mol. The van der Waals surface area contributed by atoms with Crippen LogP contribution in [0.4, 0.5) is 0 Å². The fraction of sp³-hybridized carbons (Fsp3) is 0.625. The molecule has 0 saturated heterocycles. The highest BCUT2D eigenvalue weighted by molar-refractivity contribution is 6.31. The Morgan fingerprint density at radius 1 is 1.28 bits per heavy atom. The summed E-state index contributed by atoms with van der Waals surface area (Å²) in [6, 6.07) is 6.82. The largest absolute Gasteiger partial charge is 0.310 e. The highest BCUT2D eigenvalue weighted by Crippen LogP contribution is 2.29. The minimum atomic E-state index is 0.377. The molecule has 0 aromatic heterocycles. The van der Waals surface area contributed by atoms with Crippen molar-refractivity contribution >= 4 is 11.6 Å². The summed E-state index contributed by atoms with van der Waals surface area (Å²) >= 11 is 6.22. The molecule has 102 valence electrons. The van der Waals surface area contributed by atoms with Gasteiger partial charge in [0.2, 0.25) is 0 Å². The van der Waals surface area contributed by atoms with Crippen molar-refractivity contribution < 1.29 is 0 Å². The maximum atomic E-state index is 6.22. The SMILES string of the molecule is CCNC(CCC(C)(C)C)c1ccc(C)c(Cl)c1. The highest BCUT2D eigenvalue weighted by atomic mass is 35.5. The van der Waals surface area contributed by atoms with E-state index < -0.39 is 0 Å². The van der Waals surface area contributed by atoms with Gasteiger partial charge in [-0.1, -0.05) is 51.4 Å². The first-order valence-corrected chi connectivity index (χ1v) is 7.20. The molecule has 0 bridgehead atoms. The number of rotatable bonds is 5. The molecule has 1 aromatic carbocycles. The number of hydrogen-bond acceptors (Lipinski definition) is 1. The fourth-order valence-corrected chi connectivity index (χ4v) is 2.23. The summed E-state index contributed by atoms with van der Waals surface area (Å²) in [5.74, 6) is 0. The molecule has 18 heavy (non-hydrogen) atoms. The van der Waals surface area contributed by atoms with Gasteiger partial charge in [-0.25, -0.2) is 0 Å². The van der Waals surface area contributed by atoms with Crippen molar-refractivity contribution in [3.8, 4) is 0 Å². The topological polar surface area (TPSA) is 12.0 Å². The monoisotopic (exact) mass is 267 g/mol. The van der Waals surface area contributed by atoms with E-state index in [4.69, 9.17) is 11.6 Å². The van der Waals surface area contributed by atoms with Crippen LogP contribution in [0.5, 0.6) is 0 Å². The van der Waals surface area contributed by atoms with Gasteiger partial charge in [-0.3, -0.25) is 0 Å². The first-order chi connectivity index (χ1) is 8.33. The Kier molecular flexibility index (Phi) is 5.68. The average molecular weight is 268 g/mol. The van der Waals surface area contributed by atoms with Gasteiger partial charge in [-0.05, 0) is 48.9 Å². The molecular formula is C16H26ClN. The maximum absolute atomic E-state index is 6.22. The summed E-state index contributed by atoms with van der Waals surface area (Å²) in [6.45, 7) is 12.1. The van der Waals surface area contributed by atoms with Crippen molar-refractivity contribution in [2.24, 2.45) is 5.41 Å². The van der Waals surface area contributed by atoms with Crippen molar-refractivity contribution in [1.29, 1.82) is 0 Å². The summed E-state index contributed by atoms with van der Waals surface area (Å²) in [7, 11) is 0. The third kappa shape index (κ3) is 4.99. The van der Waals surface area contributed by atoms with E-state index in [2.05, 4.69) is 51.2 Å². The molecule has 1 atom stereocenters. The van der Waals surface area contributed by atoms with Gasteiger partial charge in [0.25, 0.3) is 0 Å². The Morgan fingerprint density at radius 3 is 2.44 bits per heavy atom. The maximum Gasteiger partial charge on any atom is 0.0438 e. The van der Waals surface area contributed by atoms with E-state index in [1.165, 1.54) is 12.0 Å². The third-order valence-electron chi connectivity index (χ3n) is 3.23. The summed E-state index contributed by atoms with van der Waals surface area (Å²) in [5.41, 5.74) is 2.82. The van der Waals surface area contributed by atoms with E-state index in [-0.39, 0.29) is 0 Å². The van der Waals surface area contributed by atoms with Gasteiger partial charge in [-0.15, -0.1) is 0 Å². The zero-order valence-electron chi connectivity index (χ0n) is 12.3. The second kappa shape index (κ2) is 6.58. The summed E-state index contributed by atoms with van der Waals surface area (Å²) in [4.78, 5) is 0. The van der Waals surface area contributed by atoms with Crippen LogP contribution in [0.3, 0.4) is 0 Å². The molecule has 0 aliphatic carbocycles. The molecule has 0 spiro atoms. The lowest BCUT2D eigenvalue weighted by Gasteiger charge is -2.24. The Hall–Kier alpha value is -0.530. The van der Waals surface area contributed by atoms with E-state index in [1.54, 1.807) is 0 Å². The molecule has 0 aliphatic rings. The first-order valence-electron chi connectivity index (χ1n) is 6.83. The molecule has 1 aromatic rings. The van der Waals surface area contributed by atoms with Crippen LogP contribution >= 0.6 is 11.6 Å². The van der Waals surface area contributed by atoms with Crippen molar-refractivity contribution in [2.45, 2.75) is 53.5 Å². The molecule has 2 heteroatoms. The summed E-state index contributed by atoms with van der Waals surface area (Å²) in [6.07, 6.45) is 2.35. The fourth-order valence-electron chi connectivity index (χ4n) is 2.04. The predicted octanol–water partition coefficient (Wildman–Crippen LogP) is 5.13. The van der Waals surface area contributed by atoms with Crippen LogP contribution in [0.1, 0.15) is 57.7 Å². The van der Waals surface area contributed by atoms with Crippen LogP contribution in [-0.2, 0) is 0 Å². The van der Waals surface area contributed by atoms with Gasteiger partial charge in [0, 0.05) is 11.1 Å². The number of aryl methyl sites for hydroxylation is 1. The molecule has 0 amide bonds. The predicted molar refractivity (Wildman–Crippen MR) is 81.3 cm³/mol. The van der Waals surface area contributed by atoms with Crippen molar-refractivity contribution in [1.82, 2.24) is 5.32 Å². The van der Waals surface area contributed by atoms with Crippen LogP contribution in [0.25, 0.3) is 0 Å². The number of halogens is 1. The van der Waals surface area contributed by atoms with Crippen molar-refractivity contribution in [3.63, 3.8) is 0 Å². The van der Waals surface area contributed by atoms with E-state index in [1.807, 2.05) is 6.92 Å². The minimum absolute atomic E-state index is 0.377. The Balaban J connectivity index is 2.80. The normalized spacial score (nSPS) is 13.7. The van der Waals surface area contributed by atoms with Crippen LogP contribution < -0.4 is 5.32 Å². The number of nitrogens with one attached hydrogen (secondary N) is 1. The molecule has 1 N–H and O–H groups in total. The van der Waals surface area contributed by atoms with Crippen LogP contribution in [0.2, 0.25) is 5.02 Å². The van der Waals surface area contributed by atoms with Gasteiger partial charge in [-0.2, -0.15) is 0 Å². The Bertz CT molecular complexity index is 379. The Labute approximate surface area is 117 Å². The average Bonchev–Trinajstić information content (AvgIpc) is 2.27. The van der Waals surface area contributed by atoms with Gasteiger partial charge in [0.05, 0.1) is 0 Å². The molecule has 1 nitrogen and oxygen atoms in total. The third-order valence-corrected chi connectivity index (χ3v) is 3.64. The van der Waals surface area contributed by atoms with Gasteiger partial charge in [0.15, 0.2) is 0 Å². The van der Waals surface area contributed by atoms with Crippen molar-refractivity contribution in [3.05, 3.63) is 34.3 Å². The smallest absolute Gasteiger partial charge is 0.0438 e. The van der Waals surface area contributed by atoms with E-state index in [0.717, 1.165) is 23.6 Å². The summed E-state index contributed by atoms with van der Waals surface area (Å²) in [5, 5.41) is 4.43. The molecule has 1 rings (SSSR count). The molecule has 0 saturated carbocycles. The first kappa shape index (κ1) is 15.5. The van der Waals surface area contributed by atoms with E-state index >= 15 is 0 Å².